The minimum atomic E-state index is -3.57. The highest BCUT2D eigenvalue weighted by atomic mass is 32.2. The maximum absolute atomic E-state index is 13.0. The maximum atomic E-state index is 13.0. The van der Waals surface area contributed by atoms with E-state index in [9.17, 15) is 8.42 Å². The Morgan fingerprint density at radius 3 is 3.04 bits per heavy atom. The Morgan fingerprint density at radius 1 is 1.43 bits per heavy atom. The van der Waals surface area contributed by atoms with Crippen LogP contribution in [0.3, 0.4) is 0 Å². The first kappa shape index (κ1) is 19.1. The van der Waals surface area contributed by atoms with Crippen molar-refractivity contribution < 1.29 is 8.42 Å². The number of aromatic nitrogens is 2. The predicted molar refractivity (Wildman–Crippen MR) is 109 cm³/mol. The molecule has 7 nitrogen and oxygen atoms in total. The van der Waals surface area contributed by atoms with Crippen molar-refractivity contribution in [1.82, 2.24) is 18.2 Å². The van der Waals surface area contributed by atoms with E-state index in [0.29, 0.717) is 19.0 Å². The molecule has 2 aliphatic rings. The van der Waals surface area contributed by atoms with E-state index in [1.165, 1.54) is 4.31 Å². The molecule has 1 fully saturated rings. The Balaban J connectivity index is 1.67. The summed E-state index contributed by atoms with van der Waals surface area (Å²) >= 11 is 0. The van der Waals surface area contributed by atoms with Crippen LogP contribution in [0.2, 0.25) is 0 Å². The first-order chi connectivity index (χ1) is 13.4. The molecule has 4 rings (SSSR count). The molecule has 2 aromatic rings. The van der Waals surface area contributed by atoms with Crippen LogP contribution in [0.5, 0.6) is 0 Å². The number of pyridine rings is 1. The van der Waals surface area contributed by atoms with Crippen LogP contribution in [0.1, 0.15) is 37.1 Å². The minimum Gasteiger partial charge on any atom is -0.342 e. The van der Waals surface area contributed by atoms with Crippen molar-refractivity contribution in [3.8, 4) is 6.07 Å². The molecule has 148 valence electrons. The molecule has 8 heteroatoms. The van der Waals surface area contributed by atoms with Gasteiger partial charge in [0.15, 0.2) is 0 Å². The van der Waals surface area contributed by atoms with Crippen molar-refractivity contribution >= 4 is 27.2 Å². The van der Waals surface area contributed by atoms with Crippen LogP contribution < -0.4 is 0 Å². The van der Waals surface area contributed by atoms with Crippen LogP contribution in [0.15, 0.2) is 24.5 Å². The largest absolute Gasteiger partial charge is 0.342 e. The summed E-state index contributed by atoms with van der Waals surface area (Å²) in [6.45, 7) is 3.35. The van der Waals surface area contributed by atoms with Crippen molar-refractivity contribution in [2.75, 3.05) is 26.7 Å². The highest BCUT2D eigenvalue weighted by Gasteiger charge is 2.36. The van der Waals surface area contributed by atoms with Gasteiger partial charge in [-0.05, 0) is 18.4 Å². The van der Waals surface area contributed by atoms with Crippen LogP contribution in [-0.2, 0) is 16.6 Å². The lowest BCUT2D eigenvalue weighted by atomic mass is 9.94. The Morgan fingerprint density at radius 2 is 2.25 bits per heavy atom. The molecule has 0 unspecified atom stereocenters. The number of piperidine rings is 1. The number of hydrogen-bond donors (Lipinski definition) is 0. The van der Waals surface area contributed by atoms with Gasteiger partial charge in [-0.25, -0.2) is 0 Å². The third kappa shape index (κ3) is 3.13. The zero-order chi connectivity index (χ0) is 19.9. The fraction of sp³-hybridized carbons (Fsp3) is 0.500. The van der Waals surface area contributed by atoms with Crippen LogP contribution in [-0.4, -0.2) is 53.3 Å². The quantitative estimate of drug-likeness (QED) is 0.774. The highest BCUT2D eigenvalue weighted by molar-refractivity contribution is 7.86. The molecule has 0 bridgehead atoms. The number of nitriles is 1. The second-order valence-electron chi connectivity index (χ2n) is 7.68. The molecule has 0 saturated carbocycles. The number of allylic oxidation sites excluding steroid dienone is 1. The number of rotatable bonds is 5. The lowest BCUT2D eigenvalue weighted by Gasteiger charge is -2.39. The lowest BCUT2D eigenvalue weighted by molar-refractivity contribution is 0.196. The second kappa shape index (κ2) is 7.32. The van der Waals surface area contributed by atoms with Crippen LogP contribution in [0, 0.1) is 17.2 Å². The molecular formula is C20H25N5O2S. The molecule has 3 heterocycles. The van der Waals surface area contributed by atoms with Crippen molar-refractivity contribution in [3.05, 3.63) is 35.8 Å². The summed E-state index contributed by atoms with van der Waals surface area (Å²) in [6, 6.07) is 4.14. The molecule has 1 aliphatic carbocycles. The minimum absolute atomic E-state index is 0.0610. The van der Waals surface area contributed by atoms with Gasteiger partial charge in [0.1, 0.15) is 0 Å². The van der Waals surface area contributed by atoms with Gasteiger partial charge >= 0.3 is 0 Å². The van der Waals surface area contributed by atoms with Gasteiger partial charge in [-0.15, -0.1) is 0 Å². The van der Waals surface area contributed by atoms with Crippen LogP contribution >= 0.6 is 0 Å². The molecule has 1 saturated heterocycles. The summed E-state index contributed by atoms with van der Waals surface area (Å²) in [5.41, 5.74) is 3.38. The smallest absolute Gasteiger partial charge is 0.281 e. The van der Waals surface area contributed by atoms with E-state index in [0.717, 1.165) is 35.0 Å². The molecule has 2 atom stereocenters. The molecule has 28 heavy (non-hydrogen) atoms. The highest BCUT2D eigenvalue weighted by Crippen LogP contribution is 2.35. The van der Waals surface area contributed by atoms with Crippen molar-refractivity contribution in [3.63, 3.8) is 0 Å². The molecule has 0 radical (unpaired) electrons. The van der Waals surface area contributed by atoms with E-state index < -0.39 is 10.2 Å². The van der Waals surface area contributed by atoms with E-state index >= 15 is 0 Å². The normalized spacial score (nSPS) is 22.6. The predicted octanol–water partition coefficient (Wildman–Crippen LogP) is 2.58. The van der Waals surface area contributed by atoms with Gasteiger partial charge < -0.3 is 4.57 Å². The Labute approximate surface area is 166 Å². The molecular weight excluding hydrogens is 374 g/mol. The number of hydrogen-bond acceptors (Lipinski definition) is 4. The SMILES string of the molecule is C[C@@H]1CCN(S(=O)(=O)N(C)CCC#N)C[C@@H]1n1ccc2cnc3c(c21)C=CC3. The van der Waals surface area contributed by atoms with Gasteiger partial charge in [-0.3, -0.25) is 4.98 Å². The fourth-order valence-corrected chi connectivity index (χ4v) is 5.62. The molecule has 2 aromatic heterocycles. The van der Waals surface area contributed by atoms with Gasteiger partial charge in [0.25, 0.3) is 10.2 Å². The van der Waals surface area contributed by atoms with E-state index in [4.69, 9.17) is 5.26 Å². The summed E-state index contributed by atoms with van der Waals surface area (Å²) in [5.74, 6) is 0.362. The Hall–Kier alpha value is -2.21. The summed E-state index contributed by atoms with van der Waals surface area (Å²) in [5, 5.41) is 9.86. The number of fused-ring (bicyclic) bond motifs is 3. The van der Waals surface area contributed by atoms with Crippen molar-refractivity contribution in [2.24, 2.45) is 5.92 Å². The summed E-state index contributed by atoms with van der Waals surface area (Å²) in [7, 11) is -2.02. The first-order valence-electron chi connectivity index (χ1n) is 9.67. The average Bonchev–Trinajstić information content (AvgIpc) is 3.32. The molecule has 0 aromatic carbocycles. The van der Waals surface area contributed by atoms with Crippen molar-refractivity contribution in [1.29, 1.82) is 5.26 Å². The standard InChI is InChI=1S/C20H25N5O2S/c1-15-7-11-24(28(26,27)23(2)10-4-9-21)14-19(15)25-12-8-16-13-22-18-6-3-5-17(18)20(16)25/h3,5,8,12-13,15,19H,4,6-7,10-11,14H2,1-2H3/t15-,19+/m1/s1. The number of nitrogens with zero attached hydrogens (tertiary/aromatic N) is 5. The molecule has 0 spiro atoms. The monoisotopic (exact) mass is 399 g/mol. The van der Waals surface area contributed by atoms with Crippen LogP contribution in [0.25, 0.3) is 17.0 Å². The maximum Gasteiger partial charge on any atom is 0.281 e. The third-order valence-corrected chi connectivity index (χ3v) is 7.92. The fourth-order valence-electron chi connectivity index (χ4n) is 4.23. The summed E-state index contributed by atoms with van der Waals surface area (Å²) in [6.07, 6.45) is 10.1. The summed E-state index contributed by atoms with van der Waals surface area (Å²) in [4.78, 5) is 4.56. The summed E-state index contributed by atoms with van der Waals surface area (Å²) < 4.78 is 31.1. The Bertz CT molecular complexity index is 1070. The van der Waals surface area contributed by atoms with Gasteiger partial charge in [-0.2, -0.15) is 22.3 Å². The second-order valence-corrected chi connectivity index (χ2v) is 9.72. The van der Waals surface area contributed by atoms with Gasteiger partial charge in [0.2, 0.25) is 0 Å². The zero-order valence-corrected chi connectivity index (χ0v) is 17.1. The molecule has 0 N–H and O–H groups in total. The molecule has 1 aliphatic heterocycles. The van der Waals surface area contributed by atoms with E-state index in [1.807, 2.05) is 12.3 Å². The van der Waals surface area contributed by atoms with Gasteiger partial charge in [0, 0.05) is 62.9 Å². The Kier molecular flexibility index (Phi) is 5.00. The van der Waals surface area contributed by atoms with Gasteiger partial charge in [-0.1, -0.05) is 19.1 Å². The lowest BCUT2D eigenvalue weighted by Crippen LogP contribution is -2.49. The van der Waals surface area contributed by atoms with E-state index in [-0.39, 0.29) is 19.0 Å². The topological polar surface area (TPSA) is 82.2 Å². The average molecular weight is 400 g/mol. The van der Waals surface area contributed by atoms with Gasteiger partial charge in [0.05, 0.1) is 23.3 Å². The van der Waals surface area contributed by atoms with E-state index in [1.54, 1.807) is 11.4 Å². The molecule has 0 amide bonds. The van der Waals surface area contributed by atoms with Crippen LogP contribution in [0.4, 0.5) is 0 Å². The zero-order valence-electron chi connectivity index (χ0n) is 16.2. The van der Waals surface area contributed by atoms with Crippen molar-refractivity contribution in [2.45, 2.75) is 32.2 Å². The third-order valence-electron chi connectivity index (χ3n) is 5.96. The van der Waals surface area contributed by atoms with E-state index in [2.05, 4.69) is 40.9 Å². The first-order valence-corrected chi connectivity index (χ1v) is 11.1.